The SMILES string of the molecule is O=[N+]([O-])C[C@@H](c1ccc2ccccc2c1)P(=O)(c1cccc2ccccc12)c1cccc2ccccc12. The number of benzene rings is 6. The fraction of sp³-hybridized carbons (Fsp3) is 0.0625. The molecule has 4 nitrogen and oxygen atoms in total. The maximum absolute atomic E-state index is 15.9. The molecule has 0 aromatic heterocycles. The Morgan fingerprint density at radius 2 is 1.08 bits per heavy atom. The van der Waals surface area contributed by atoms with Crippen molar-refractivity contribution in [2.24, 2.45) is 0 Å². The van der Waals surface area contributed by atoms with E-state index >= 15 is 4.57 Å². The monoisotopic (exact) mass is 501 g/mol. The highest BCUT2D eigenvalue weighted by Crippen LogP contribution is 2.59. The summed E-state index contributed by atoms with van der Waals surface area (Å²) in [6, 6.07) is 41.0. The standard InChI is InChI=1S/C32H24NO3P/c34-33(35)22-32(27-20-19-23-9-1-2-12-26(23)21-27)37(36,30-17-7-13-24-10-3-5-15-28(24)30)31-18-8-14-25-11-4-6-16-29(25)31/h1-21,32H,22H2/t32-/m0/s1. The van der Waals surface area contributed by atoms with Gasteiger partial charge in [0.2, 0.25) is 6.54 Å². The van der Waals surface area contributed by atoms with E-state index in [2.05, 4.69) is 0 Å². The summed E-state index contributed by atoms with van der Waals surface area (Å²) < 4.78 is 15.9. The van der Waals surface area contributed by atoms with Crippen LogP contribution in [0, 0.1) is 10.1 Å². The molecule has 0 aliphatic rings. The van der Waals surface area contributed by atoms with Gasteiger partial charge in [-0.2, -0.15) is 0 Å². The quantitative estimate of drug-likeness (QED) is 0.135. The normalized spacial score (nSPS) is 12.6. The highest BCUT2D eigenvalue weighted by Gasteiger charge is 2.43. The van der Waals surface area contributed by atoms with E-state index in [1.807, 2.05) is 127 Å². The lowest BCUT2D eigenvalue weighted by Gasteiger charge is -2.29. The van der Waals surface area contributed by atoms with Crippen LogP contribution in [-0.2, 0) is 4.57 Å². The highest BCUT2D eigenvalue weighted by atomic mass is 31.2. The summed E-state index contributed by atoms with van der Waals surface area (Å²) in [6.07, 6.45) is 0. The van der Waals surface area contributed by atoms with Gasteiger partial charge in [0.1, 0.15) is 5.66 Å². The van der Waals surface area contributed by atoms with Gasteiger partial charge in [0, 0.05) is 15.5 Å². The molecule has 0 radical (unpaired) electrons. The molecular formula is C32H24NO3P. The minimum Gasteiger partial charge on any atom is -0.313 e. The van der Waals surface area contributed by atoms with Gasteiger partial charge in [0.25, 0.3) is 0 Å². The van der Waals surface area contributed by atoms with Gasteiger partial charge < -0.3 is 4.57 Å². The first-order chi connectivity index (χ1) is 18.1. The van der Waals surface area contributed by atoms with Crippen LogP contribution in [0.1, 0.15) is 11.2 Å². The molecule has 0 unspecified atom stereocenters. The minimum atomic E-state index is -3.62. The topological polar surface area (TPSA) is 60.2 Å². The Bertz CT molecular complexity index is 1750. The molecule has 0 heterocycles. The van der Waals surface area contributed by atoms with Gasteiger partial charge in [-0.05, 0) is 37.9 Å². The zero-order valence-electron chi connectivity index (χ0n) is 20.0. The Morgan fingerprint density at radius 3 is 1.65 bits per heavy atom. The first-order valence-electron chi connectivity index (χ1n) is 12.2. The van der Waals surface area contributed by atoms with Gasteiger partial charge in [-0.15, -0.1) is 0 Å². The van der Waals surface area contributed by atoms with Crippen molar-refractivity contribution in [2.45, 2.75) is 5.66 Å². The molecule has 6 aromatic rings. The number of rotatable bonds is 6. The van der Waals surface area contributed by atoms with Crippen molar-refractivity contribution in [3.05, 3.63) is 143 Å². The first-order valence-corrected chi connectivity index (χ1v) is 14.0. The van der Waals surface area contributed by atoms with Crippen LogP contribution in [0.4, 0.5) is 0 Å². The Kier molecular flexibility index (Phi) is 5.82. The lowest BCUT2D eigenvalue weighted by atomic mass is 10.0. The predicted octanol–water partition coefficient (Wildman–Crippen LogP) is 7.48. The molecule has 5 heteroatoms. The summed E-state index contributed by atoms with van der Waals surface area (Å²) in [6.45, 7) is -0.442. The van der Waals surface area contributed by atoms with Gasteiger partial charge in [0.15, 0.2) is 7.14 Å². The van der Waals surface area contributed by atoms with Crippen LogP contribution in [0.3, 0.4) is 0 Å². The van der Waals surface area contributed by atoms with Crippen LogP contribution in [0.25, 0.3) is 32.3 Å². The van der Waals surface area contributed by atoms with Gasteiger partial charge in [0.05, 0.1) is 0 Å². The molecule has 6 rings (SSSR count). The average molecular weight is 502 g/mol. The van der Waals surface area contributed by atoms with Crippen molar-refractivity contribution in [1.82, 2.24) is 0 Å². The molecule has 0 aliphatic carbocycles. The van der Waals surface area contributed by atoms with E-state index in [0.717, 1.165) is 32.3 Å². The zero-order chi connectivity index (χ0) is 25.4. The van der Waals surface area contributed by atoms with Gasteiger partial charge in [-0.1, -0.05) is 127 Å². The Morgan fingerprint density at radius 1 is 0.595 bits per heavy atom. The summed E-state index contributed by atoms with van der Waals surface area (Å²) in [5.41, 5.74) is -0.136. The van der Waals surface area contributed by atoms with E-state index in [0.29, 0.717) is 16.2 Å². The van der Waals surface area contributed by atoms with Crippen molar-refractivity contribution in [3.63, 3.8) is 0 Å². The summed E-state index contributed by atoms with van der Waals surface area (Å²) in [4.78, 5) is 11.8. The number of hydrogen-bond acceptors (Lipinski definition) is 3. The van der Waals surface area contributed by atoms with Gasteiger partial charge in [-0.25, -0.2) is 0 Å². The van der Waals surface area contributed by atoms with E-state index in [9.17, 15) is 10.1 Å². The van der Waals surface area contributed by atoms with Crippen LogP contribution in [0.5, 0.6) is 0 Å². The maximum atomic E-state index is 15.9. The Balaban J connectivity index is 1.73. The molecule has 0 saturated carbocycles. The summed E-state index contributed by atoms with van der Waals surface area (Å²) >= 11 is 0. The van der Waals surface area contributed by atoms with Gasteiger partial charge >= 0.3 is 0 Å². The average Bonchev–Trinajstić information content (AvgIpc) is 2.94. The molecule has 0 N–H and O–H groups in total. The molecule has 1 atom stereocenters. The predicted molar refractivity (Wildman–Crippen MR) is 153 cm³/mol. The van der Waals surface area contributed by atoms with E-state index in [1.54, 1.807) is 0 Å². The highest BCUT2D eigenvalue weighted by molar-refractivity contribution is 7.79. The van der Waals surface area contributed by atoms with Crippen LogP contribution in [0.2, 0.25) is 0 Å². The second-order valence-corrected chi connectivity index (χ2v) is 12.2. The fourth-order valence-electron chi connectivity index (χ4n) is 5.45. The molecule has 0 spiro atoms. The van der Waals surface area contributed by atoms with Crippen molar-refractivity contribution in [3.8, 4) is 0 Å². The third-order valence-corrected chi connectivity index (χ3v) is 10.7. The molecule has 0 fully saturated rings. The summed E-state index contributed by atoms with van der Waals surface area (Å²) in [5, 5.41) is 19.1. The van der Waals surface area contributed by atoms with Crippen LogP contribution in [-0.4, -0.2) is 11.5 Å². The second kappa shape index (κ2) is 9.31. The minimum absolute atomic E-state index is 0.331. The smallest absolute Gasteiger partial charge is 0.218 e. The third kappa shape index (κ3) is 4.00. The van der Waals surface area contributed by atoms with Crippen LogP contribution in [0.15, 0.2) is 127 Å². The van der Waals surface area contributed by atoms with E-state index in [1.165, 1.54) is 0 Å². The molecular weight excluding hydrogens is 477 g/mol. The second-order valence-electron chi connectivity index (χ2n) is 9.29. The number of nitro groups is 1. The third-order valence-electron chi connectivity index (χ3n) is 7.17. The largest absolute Gasteiger partial charge is 0.313 e. The summed E-state index contributed by atoms with van der Waals surface area (Å²) in [5.74, 6) is 0. The number of hydrogen-bond donors (Lipinski definition) is 0. The van der Waals surface area contributed by atoms with Crippen LogP contribution < -0.4 is 10.6 Å². The lowest BCUT2D eigenvalue weighted by molar-refractivity contribution is -0.480. The molecule has 0 amide bonds. The van der Waals surface area contributed by atoms with Crippen molar-refractivity contribution in [2.75, 3.05) is 6.54 Å². The van der Waals surface area contributed by atoms with E-state index < -0.39 is 19.3 Å². The first kappa shape index (κ1) is 23.1. The van der Waals surface area contributed by atoms with Crippen LogP contribution >= 0.6 is 7.14 Å². The van der Waals surface area contributed by atoms with E-state index in [-0.39, 0.29) is 4.92 Å². The Labute approximate surface area is 214 Å². The number of nitrogens with zero attached hydrogens (tertiary/aromatic N) is 1. The molecule has 0 aliphatic heterocycles. The number of fused-ring (bicyclic) bond motifs is 3. The Hall–Kier alpha value is -4.27. The summed E-state index contributed by atoms with van der Waals surface area (Å²) in [7, 11) is -3.62. The van der Waals surface area contributed by atoms with Crippen molar-refractivity contribution < 1.29 is 9.49 Å². The zero-order valence-corrected chi connectivity index (χ0v) is 20.9. The van der Waals surface area contributed by atoms with Crippen molar-refractivity contribution in [1.29, 1.82) is 0 Å². The van der Waals surface area contributed by atoms with Crippen molar-refractivity contribution >= 4 is 50.1 Å². The molecule has 0 bridgehead atoms. The lowest BCUT2D eigenvalue weighted by Crippen LogP contribution is -2.27. The molecule has 6 aromatic carbocycles. The molecule has 37 heavy (non-hydrogen) atoms. The maximum Gasteiger partial charge on any atom is 0.218 e. The van der Waals surface area contributed by atoms with E-state index in [4.69, 9.17) is 0 Å². The van der Waals surface area contributed by atoms with Gasteiger partial charge in [-0.3, -0.25) is 10.1 Å². The fourth-order valence-corrected chi connectivity index (χ4v) is 9.06. The molecule has 0 saturated heterocycles. The molecule has 180 valence electrons.